The van der Waals surface area contributed by atoms with Gasteiger partial charge in [0.15, 0.2) is 11.0 Å². The molecule has 5 N–H and O–H groups in total. The first-order valence-electron chi connectivity index (χ1n) is 6.56. The van der Waals surface area contributed by atoms with Crippen LogP contribution in [0.25, 0.3) is 11.2 Å². The van der Waals surface area contributed by atoms with Crippen molar-refractivity contribution in [2.24, 2.45) is 0 Å². The van der Waals surface area contributed by atoms with E-state index in [9.17, 15) is 19.3 Å². The average molecular weight is 357 g/mol. The van der Waals surface area contributed by atoms with E-state index in [-0.39, 0.29) is 17.7 Å². The summed E-state index contributed by atoms with van der Waals surface area (Å²) >= 11 is 0. The summed E-state index contributed by atoms with van der Waals surface area (Å²) in [6, 6.07) is -0.752. The van der Waals surface area contributed by atoms with Gasteiger partial charge in [-0.1, -0.05) is 5.21 Å². The molecular weight excluding hydrogens is 345 g/mol. The smallest absolute Gasteiger partial charge is 0.377 e. The minimum Gasteiger partial charge on any atom is -0.394 e. The lowest BCUT2D eigenvalue weighted by Gasteiger charge is -2.14. The van der Waals surface area contributed by atoms with Crippen LogP contribution in [0, 0.1) is 0 Å². The van der Waals surface area contributed by atoms with Crippen LogP contribution < -0.4 is 16.7 Å². The Bertz CT molecular complexity index is 1040. The SMILES string of the molecule is O=c1[nH]c(=O)c2ncn(C[C@H](CO)n3cc(P(=O)(O)O)nn3)c2[nH]1. The van der Waals surface area contributed by atoms with Gasteiger partial charge in [-0.15, -0.1) is 5.10 Å². The highest BCUT2D eigenvalue weighted by molar-refractivity contribution is 7.59. The van der Waals surface area contributed by atoms with Crippen molar-refractivity contribution in [1.29, 1.82) is 0 Å². The van der Waals surface area contributed by atoms with Crippen molar-refractivity contribution in [3.8, 4) is 0 Å². The molecule has 24 heavy (non-hydrogen) atoms. The van der Waals surface area contributed by atoms with Crippen LogP contribution in [0.15, 0.2) is 22.1 Å². The predicted octanol–water partition coefficient (Wildman–Crippen LogP) is -2.96. The summed E-state index contributed by atoms with van der Waals surface area (Å²) < 4.78 is 13.6. The number of nitrogens with zero attached hydrogens (tertiary/aromatic N) is 5. The van der Waals surface area contributed by atoms with Crippen LogP contribution >= 0.6 is 7.60 Å². The van der Waals surface area contributed by atoms with E-state index in [2.05, 4.69) is 20.3 Å². The molecule has 0 aliphatic heterocycles. The zero-order chi connectivity index (χ0) is 17.5. The Morgan fingerprint density at radius 3 is 2.67 bits per heavy atom. The Labute approximate surface area is 131 Å². The van der Waals surface area contributed by atoms with Crippen molar-refractivity contribution in [3.63, 3.8) is 0 Å². The van der Waals surface area contributed by atoms with Crippen LogP contribution in [0.2, 0.25) is 0 Å². The first-order chi connectivity index (χ1) is 11.3. The molecule has 128 valence electrons. The van der Waals surface area contributed by atoms with Crippen molar-refractivity contribution < 1.29 is 19.5 Å². The lowest BCUT2D eigenvalue weighted by molar-refractivity contribution is 0.202. The molecule has 0 radical (unpaired) electrons. The topological polar surface area (TPSA) is 192 Å². The van der Waals surface area contributed by atoms with Crippen molar-refractivity contribution in [3.05, 3.63) is 33.4 Å². The van der Waals surface area contributed by atoms with E-state index in [0.717, 1.165) is 10.9 Å². The highest BCUT2D eigenvalue weighted by atomic mass is 31.2. The van der Waals surface area contributed by atoms with Gasteiger partial charge in [-0.05, 0) is 0 Å². The number of aromatic nitrogens is 7. The van der Waals surface area contributed by atoms with Gasteiger partial charge in [0.05, 0.1) is 31.7 Å². The highest BCUT2D eigenvalue weighted by Crippen LogP contribution is 2.31. The first-order valence-corrected chi connectivity index (χ1v) is 8.17. The van der Waals surface area contributed by atoms with E-state index in [0.29, 0.717) is 0 Å². The average Bonchev–Trinajstić information content (AvgIpc) is 3.11. The number of rotatable bonds is 5. The maximum absolute atomic E-state index is 11.6. The number of aromatic amines is 2. The zero-order valence-corrected chi connectivity index (χ0v) is 12.8. The molecule has 0 amide bonds. The first kappa shape index (κ1) is 16.3. The third kappa shape index (κ3) is 2.92. The second-order valence-electron chi connectivity index (χ2n) is 4.94. The van der Waals surface area contributed by atoms with E-state index < -0.39 is 36.9 Å². The van der Waals surface area contributed by atoms with E-state index in [1.165, 1.54) is 10.9 Å². The molecule has 3 aromatic heterocycles. The third-order valence-corrected chi connectivity index (χ3v) is 4.10. The van der Waals surface area contributed by atoms with Gasteiger partial charge in [0, 0.05) is 0 Å². The van der Waals surface area contributed by atoms with Gasteiger partial charge in [-0.3, -0.25) is 19.3 Å². The monoisotopic (exact) mass is 357 g/mol. The Balaban J connectivity index is 1.97. The van der Waals surface area contributed by atoms with E-state index >= 15 is 0 Å². The number of nitrogens with one attached hydrogen (secondary N) is 2. The number of aliphatic hydroxyl groups excluding tert-OH is 1. The molecule has 0 bridgehead atoms. The highest BCUT2D eigenvalue weighted by Gasteiger charge is 2.24. The van der Waals surface area contributed by atoms with Gasteiger partial charge >= 0.3 is 13.3 Å². The van der Waals surface area contributed by atoms with Gasteiger partial charge in [-0.25, -0.2) is 14.5 Å². The fourth-order valence-corrected chi connectivity index (χ4v) is 2.58. The summed E-state index contributed by atoms with van der Waals surface area (Å²) in [6.45, 7) is -0.409. The van der Waals surface area contributed by atoms with Gasteiger partial charge in [0.1, 0.15) is 5.65 Å². The molecule has 3 rings (SSSR count). The van der Waals surface area contributed by atoms with Crippen molar-refractivity contribution in [2.45, 2.75) is 12.6 Å². The molecule has 0 saturated carbocycles. The van der Waals surface area contributed by atoms with E-state index in [4.69, 9.17) is 9.79 Å². The van der Waals surface area contributed by atoms with E-state index in [1.807, 2.05) is 4.98 Å². The second-order valence-corrected chi connectivity index (χ2v) is 6.49. The summed E-state index contributed by atoms with van der Waals surface area (Å²) in [6.07, 6.45) is 2.32. The number of imidazole rings is 1. The maximum Gasteiger partial charge on any atom is 0.377 e. The molecular formula is C10H12N7O6P. The maximum atomic E-state index is 11.6. The van der Waals surface area contributed by atoms with Crippen molar-refractivity contribution in [2.75, 3.05) is 6.61 Å². The summed E-state index contributed by atoms with van der Waals surface area (Å²) in [5.41, 5.74) is -1.73. The van der Waals surface area contributed by atoms with Crippen molar-refractivity contribution in [1.82, 2.24) is 34.5 Å². The largest absolute Gasteiger partial charge is 0.394 e. The minimum atomic E-state index is -4.56. The molecule has 0 spiro atoms. The number of hydrogen-bond donors (Lipinski definition) is 5. The zero-order valence-electron chi connectivity index (χ0n) is 11.9. The van der Waals surface area contributed by atoms with E-state index in [1.54, 1.807) is 0 Å². The van der Waals surface area contributed by atoms with Gasteiger partial charge < -0.3 is 19.5 Å². The lowest BCUT2D eigenvalue weighted by atomic mass is 10.3. The Hall–Kier alpha value is -2.60. The van der Waals surface area contributed by atoms with Gasteiger partial charge in [0.25, 0.3) is 5.56 Å². The molecule has 1 atom stereocenters. The molecule has 14 heteroatoms. The quantitative estimate of drug-likeness (QED) is 0.297. The molecule has 0 aliphatic rings. The second kappa shape index (κ2) is 5.79. The van der Waals surface area contributed by atoms with Crippen LogP contribution in [0.5, 0.6) is 0 Å². The third-order valence-electron chi connectivity index (χ3n) is 3.30. The molecule has 0 aliphatic carbocycles. The summed E-state index contributed by atoms with van der Waals surface area (Å²) in [7, 11) is -4.56. The van der Waals surface area contributed by atoms with Crippen molar-refractivity contribution >= 4 is 24.2 Å². The van der Waals surface area contributed by atoms with Crippen LogP contribution in [-0.4, -0.2) is 56.0 Å². The molecule has 3 heterocycles. The minimum absolute atomic E-state index is 0.0146. The van der Waals surface area contributed by atoms with Crippen LogP contribution in [0.3, 0.4) is 0 Å². The lowest BCUT2D eigenvalue weighted by Crippen LogP contribution is -2.24. The fourth-order valence-electron chi connectivity index (χ4n) is 2.15. The molecule has 0 fully saturated rings. The molecule has 0 saturated heterocycles. The van der Waals surface area contributed by atoms with Crippen LogP contribution in [-0.2, 0) is 11.1 Å². The standard InChI is InChI=1S/C10H12N7O6P/c18-3-5(17-2-6(14-15-17)24(21,22)23)1-16-4-11-7-8(16)12-10(20)13-9(7)19/h2,4-5,18H,1,3H2,(H2,21,22,23)(H2,12,13,19,20)/t5-/m1/s1. The molecule has 0 aromatic carbocycles. The Morgan fingerprint density at radius 1 is 1.29 bits per heavy atom. The molecule has 13 nitrogen and oxygen atoms in total. The number of aliphatic hydroxyl groups is 1. The number of H-pyrrole nitrogens is 2. The summed E-state index contributed by atoms with van der Waals surface area (Å²) in [4.78, 5) is 49.5. The molecule has 0 unspecified atom stereocenters. The predicted molar refractivity (Wildman–Crippen MR) is 78.8 cm³/mol. The van der Waals surface area contributed by atoms with Gasteiger partial charge in [-0.2, -0.15) is 0 Å². The summed E-state index contributed by atoms with van der Waals surface area (Å²) in [5.74, 6) is 0. The Kier molecular flexibility index (Phi) is 3.93. The summed E-state index contributed by atoms with van der Waals surface area (Å²) in [5, 5.41) is 16.5. The van der Waals surface area contributed by atoms with Crippen LogP contribution in [0.4, 0.5) is 0 Å². The number of hydrogen-bond acceptors (Lipinski definition) is 7. The normalized spacial score (nSPS) is 13.5. The van der Waals surface area contributed by atoms with Crippen LogP contribution in [0.1, 0.15) is 6.04 Å². The number of fused-ring (bicyclic) bond motifs is 1. The Morgan fingerprint density at radius 2 is 2.04 bits per heavy atom. The van der Waals surface area contributed by atoms with Gasteiger partial charge in [0.2, 0.25) is 0 Å². The molecule has 3 aromatic rings. The fraction of sp³-hybridized carbons (Fsp3) is 0.300.